The highest BCUT2D eigenvalue weighted by Gasteiger charge is 2.27. The Morgan fingerprint density at radius 3 is 2.22 bits per heavy atom. The molecular weight excluding hydrogens is 465 g/mol. The predicted octanol–water partition coefficient (Wildman–Crippen LogP) is 4.56. The minimum Gasteiger partial charge on any atom is -0.367 e. The van der Waals surface area contributed by atoms with Crippen LogP contribution in [0.4, 0.5) is 18.9 Å². The molecule has 0 saturated carbocycles. The van der Waals surface area contributed by atoms with Crippen molar-refractivity contribution in [1.82, 2.24) is 5.32 Å². The molecule has 0 aliphatic carbocycles. The minimum atomic E-state index is -4.36. The highest BCUT2D eigenvalue weighted by atomic mass is 32.2. The summed E-state index contributed by atoms with van der Waals surface area (Å²) in [5.74, 6) is -0.352. The molecule has 0 aliphatic rings. The predicted molar refractivity (Wildman–Crippen MR) is 115 cm³/mol. The van der Waals surface area contributed by atoms with Crippen molar-refractivity contribution in [3.05, 3.63) is 82.7 Å². The van der Waals surface area contributed by atoms with Gasteiger partial charge in [0.05, 0.1) is 6.61 Å². The van der Waals surface area contributed by atoms with Gasteiger partial charge in [0.2, 0.25) is 0 Å². The second-order valence-corrected chi connectivity index (χ2v) is 9.58. The molecule has 0 fully saturated rings. The molecule has 0 radical (unpaired) electrons. The number of amides is 1. The second-order valence-electron chi connectivity index (χ2n) is 6.72. The topological polar surface area (TPSA) is 84.5 Å². The third-order valence-corrected chi connectivity index (χ3v) is 6.95. The van der Waals surface area contributed by atoms with Crippen molar-refractivity contribution in [2.24, 2.45) is 0 Å². The first-order valence-corrected chi connectivity index (χ1v) is 11.7. The van der Waals surface area contributed by atoms with Gasteiger partial charge in [-0.05, 0) is 46.8 Å². The molecule has 1 aromatic heterocycles. The fourth-order valence-corrected chi connectivity index (χ4v) is 4.69. The van der Waals surface area contributed by atoms with Crippen molar-refractivity contribution in [2.75, 3.05) is 11.3 Å². The number of halogens is 3. The van der Waals surface area contributed by atoms with E-state index in [0.29, 0.717) is 16.8 Å². The van der Waals surface area contributed by atoms with E-state index in [1.165, 1.54) is 30.3 Å². The van der Waals surface area contributed by atoms with Gasteiger partial charge in [0.15, 0.2) is 0 Å². The van der Waals surface area contributed by atoms with Crippen LogP contribution in [0.15, 0.2) is 70.3 Å². The Hall–Kier alpha value is -2.89. The van der Waals surface area contributed by atoms with Gasteiger partial charge in [-0.3, -0.25) is 9.52 Å². The van der Waals surface area contributed by atoms with Crippen molar-refractivity contribution in [2.45, 2.75) is 23.5 Å². The molecule has 0 unspecified atom stereocenters. The Balaban J connectivity index is 1.49. The van der Waals surface area contributed by atoms with Crippen LogP contribution in [0.5, 0.6) is 0 Å². The Morgan fingerprint density at radius 1 is 0.969 bits per heavy atom. The van der Waals surface area contributed by atoms with E-state index in [4.69, 9.17) is 0 Å². The smallest absolute Gasteiger partial charge is 0.367 e. The number of sulfonamides is 1. The van der Waals surface area contributed by atoms with E-state index in [2.05, 4.69) is 14.8 Å². The maximum atomic E-state index is 12.3. The average Bonchev–Trinajstić information content (AvgIpc) is 3.28. The Morgan fingerprint density at radius 2 is 1.62 bits per heavy atom. The molecule has 0 aliphatic heterocycles. The number of rotatable bonds is 9. The fraction of sp³-hybridized carbons (Fsp3) is 0.190. The molecule has 0 bridgehead atoms. The van der Waals surface area contributed by atoms with Gasteiger partial charge in [-0.15, -0.1) is 11.3 Å². The second kappa shape index (κ2) is 10.2. The standard InChI is InChI=1S/C21H19F3N2O4S2/c22-21(23,24)14-30-13-16-5-3-15(4-6-16)12-25-20(27)17-7-9-18(10-8-17)26-32(28,29)19-2-1-11-31-19/h1-11,26H,12-14H2,(H,25,27). The van der Waals surface area contributed by atoms with Crippen molar-refractivity contribution >= 4 is 33.0 Å². The number of benzene rings is 2. The van der Waals surface area contributed by atoms with E-state index >= 15 is 0 Å². The lowest BCUT2D eigenvalue weighted by molar-refractivity contribution is -0.176. The first-order valence-electron chi connectivity index (χ1n) is 9.29. The van der Waals surface area contributed by atoms with E-state index in [0.717, 1.165) is 16.9 Å². The van der Waals surface area contributed by atoms with Crippen LogP contribution in [-0.2, 0) is 27.9 Å². The summed E-state index contributed by atoms with van der Waals surface area (Å²) in [6.45, 7) is -1.25. The zero-order valence-electron chi connectivity index (χ0n) is 16.6. The molecule has 3 aromatic rings. The number of hydrogen-bond donors (Lipinski definition) is 2. The molecule has 2 N–H and O–H groups in total. The third-order valence-electron chi connectivity index (χ3n) is 4.17. The SMILES string of the molecule is O=C(NCc1ccc(COCC(F)(F)F)cc1)c1ccc(NS(=O)(=O)c2cccs2)cc1. The molecule has 0 saturated heterocycles. The highest BCUT2D eigenvalue weighted by Crippen LogP contribution is 2.20. The van der Waals surface area contributed by atoms with E-state index in [1.807, 2.05) is 0 Å². The van der Waals surface area contributed by atoms with E-state index in [1.54, 1.807) is 35.7 Å². The van der Waals surface area contributed by atoms with Crippen LogP contribution >= 0.6 is 11.3 Å². The quantitative estimate of drug-likeness (QED) is 0.467. The molecule has 1 amide bonds. The molecule has 32 heavy (non-hydrogen) atoms. The number of hydrogen-bond acceptors (Lipinski definition) is 5. The normalized spacial score (nSPS) is 11.8. The molecule has 2 aromatic carbocycles. The van der Waals surface area contributed by atoms with Crippen LogP contribution in [0.25, 0.3) is 0 Å². The van der Waals surface area contributed by atoms with Crippen LogP contribution < -0.4 is 10.0 Å². The maximum Gasteiger partial charge on any atom is 0.411 e. The van der Waals surface area contributed by atoms with E-state index < -0.39 is 22.8 Å². The summed E-state index contributed by atoms with van der Waals surface area (Å²) in [6.07, 6.45) is -4.36. The summed E-state index contributed by atoms with van der Waals surface area (Å²) in [5.41, 5.74) is 2.03. The Labute approximate surface area is 187 Å². The summed E-state index contributed by atoms with van der Waals surface area (Å²) in [6, 6.07) is 15.8. The van der Waals surface area contributed by atoms with Gasteiger partial charge in [-0.2, -0.15) is 13.2 Å². The van der Waals surface area contributed by atoms with Gasteiger partial charge in [0.1, 0.15) is 10.8 Å². The molecule has 3 rings (SSSR count). The number of carbonyl (C=O) groups excluding carboxylic acids is 1. The van der Waals surface area contributed by atoms with Gasteiger partial charge in [-0.1, -0.05) is 30.3 Å². The molecule has 1 heterocycles. The summed E-state index contributed by atoms with van der Waals surface area (Å²) < 4.78 is 68.0. The van der Waals surface area contributed by atoms with Crippen LogP contribution in [0.1, 0.15) is 21.5 Å². The molecule has 170 valence electrons. The number of alkyl halides is 3. The third kappa shape index (κ3) is 7.08. The lowest BCUT2D eigenvalue weighted by atomic mass is 10.1. The van der Waals surface area contributed by atoms with Crippen molar-refractivity contribution in [3.8, 4) is 0 Å². The first kappa shape index (κ1) is 23.8. The minimum absolute atomic E-state index is 0.158. The van der Waals surface area contributed by atoms with Gasteiger partial charge in [0.25, 0.3) is 15.9 Å². The first-order chi connectivity index (χ1) is 15.1. The maximum absolute atomic E-state index is 12.3. The summed E-state index contributed by atoms with van der Waals surface area (Å²) in [7, 11) is -3.66. The summed E-state index contributed by atoms with van der Waals surface area (Å²) in [4.78, 5) is 12.3. The van der Waals surface area contributed by atoms with Gasteiger partial charge >= 0.3 is 6.18 Å². The lowest BCUT2D eigenvalue weighted by Crippen LogP contribution is -2.22. The number of carbonyl (C=O) groups is 1. The van der Waals surface area contributed by atoms with Gasteiger partial charge in [0, 0.05) is 17.8 Å². The molecule has 11 heteroatoms. The number of anilines is 1. The number of nitrogens with one attached hydrogen (secondary N) is 2. The number of ether oxygens (including phenoxy) is 1. The summed E-state index contributed by atoms with van der Waals surface area (Å²) in [5, 5.41) is 4.40. The van der Waals surface area contributed by atoms with Crippen LogP contribution in [0, 0.1) is 0 Å². The zero-order valence-corrected chi connectivity index (χ0v) is 18.2. The molecule has 0 spiro atoms. The molecular formula is C21H19F3N2O4S2. The Kier molecular flexibility index (Phi) is 7.54. The molecule has 0 atom stereocenters. The van der Waals surface area contributed by atoms with E-state index in [-0.39, 0.29) is 23.3 Å². The van der Waals surface area contributed by atoms with Crippen LogP contribution in [0.2, 0.25) is 0 Å². The largest absolute Gasteiger partial charge is 0.411 e. The number of thiophene rings is 1. The van der Waals surface area contributed by atoms with Gasteiger partial charge in [-0.25, -0.2) is 8.42 Å². The van der Waals surface area contributed by atoms with Crippen LogP contribution in [-0.4, -0.2) is 27.1 Å². The monoisotopic (exact) mass is 484 g/mol. The fourth-order valence-electron chi connectivity index (χ4n) is 2.63. The van der Waals surface area contributed by atoms with Gasteiger partial charge < -0.3 is 10.1 Å². The van der Waals surface area contributed by atoms with Crippen molar-refractivity contribution in [1.29, 1.82) is 0 Å². The van der Waals surface area contributed by atoms with E-state index in [9.17, 15) is 26.4 Å². The zero-order chi connectivity index (χ0) is 23.2. The Bertz CT molecular complexity index is 1130. The molecule has 6 nitrogen and oxygen atoms in total. The summed E-state index contributed by atoms with van der Waals surface area (Å²) >= 11 is 1.10. The van der Waals surface area contributed by atoms with Crippen LogP contribution in [0.3, 0.4) is 0 Å². The highest BCUT2D eigenvalue weighted by molar-refractivity contribution is 7.94. The van der Waals surface area contributed by atoms with Crippen molar-refractivity contribution in [3.63, 3.8) is 0 Å². The average molecular weight is 485 g/mol. The lowest BCUT2D eigenvalue weighted by Gasteiger charge is -2.09. The van der Waals surface area contributed by atoms with Crippen molar-refractivity contribution < 1.29 is 31.1 Å².